The fourth-order valence-corrected chi connectivity index (χ4v) is 3.25. The van der Waals surface area contributed by atoms with Crippen molar-refractivity contribution in [1.82, 2.24) is 20.4 Å². The Bertz CT molecular complexity index is 808. The Morgan fingerprint density at radius 3 is 2.65 bits per heavy atom. The molecule has 26 heavy (non-hydrogen) atoms. The van der Waals surface area contributed by atoms with Gasteiger partial charge in [-0.05, 0) is 51.7 Å². The van der Waals surface area contributed by atoms with Crippen LogP contribution in [0.1, 0.15) is 54.0 Å². The van der Waals surface area contributed by atoms with Crippen LogP contribution in [0, 0.1) is 6.92 Å². The van der Waals surface area contributed by atoms with Gasteiger partial charge < -0.3 is 10.6 Å². The molecule has 1 atom stereocenters. The number of amides is 2. The van der Waals surface area contributed by atoms with Crippen molar-refractivity contribution in [3.8, 4) is 5.69 Å². The van der Waals surface area contributed by atoms with Gasteiger partial charge in [0, 0.05) is 17.8 Å². The van der Waals surface area contributed by atoms with E-state index < -0.39 is 6.04 Å². The highest BCUT2D eigenvalue weighted by Gasteiger charge is 2.28. The van der Waals surface area contributed by atoms with Crippen LogP contribution < -0.4 is 10.6 Å². The van der Waals surface area contributed by atoms with Crippen LogP contribution in [0.15, 0.2) is 24.3 Å². The Morgan fingerprint density at radius 2 is 1.96 bits per heavy atom. The number of hydrogen-bond donors (Lipinski definition) is 2. The Hall–Kier alpha value is -2.63. The van der Waals surface area contributed by atoms with E-state index in [1.54, 1.807) is 6.92 Å². The van der Waals surface area contributed by atoms with E-state index in [1.807, 2.05) is 42.8 Å². The van der Waals surface area contributed by atoms with Gasteiger partial charge in [0.15, 0.2) is 5.69 Å². The lowest BCUT2D eigenvalue weighted by Crippen LogP contribution is -2.45. The number of nitrogens with one attached hydrogen (secondary N) is 2. The van der Waals surface area contributed by atoms with Crippen LogP contribution in [0.3, 0.4) is 0 Å². The van der Waals surface area contributed by atoms with Gasteiger partial charge in [0.1, 0.15) is 6.04 Å². The van der Waals surface area contributed by atoms with Gasteiger partial charge in [-0.3, -0.25) is 9.59 Å². The zero-order valence-corrected chi connectivity index (χ0v) is 15.6. The highest BCUT2D eigenvalue weighted by Crippen LogP contribution is 2.28. The summed E-state index contributed by atoms with van der Waals surface area (Å²) in [6, 6.07) is 7.53. The molecular formula is C20H26N4O2. The number of benzene rings is 1. The van der Waals surface area contributed by atoms with E-state index >= 15 is 0 Å². The van der Waals surface area contributed by atoms with Gasteiger partial charge in [-0.2, -0.15) is 5.10 Å². The van der Waals surface area contributed by atoms with Crippen LogP contribution in [0.2, 0.25) is 0 Å². The Labute approximate surface area is 154 Å². The summed E-state index contributed by atoms with van der Waals surface area (Å²) in [7, 11) is 0. The molecule has 1 unspecified atom stereocenters. The minimum atomic E-state index is -0.587. The van der Waals surface area contributed by atoms with E-state index in [1.165, 1.54) is 5.56 Å². The SMILES string of the molecule is CCCNC(=O)C(C)NC(=O)c1nn(-c2ccc(C)cc2)c2c1CCC2. The molecule has 6 heteroatoms. The van der Waals surface area contributed by atoms with Crippen molar-refractivity contribution in [2.24, 2.45) is 0 Å². The summed E-state index contributed by atoms with van der Waals surface area (Å²) >= 11 is 0. The van der Waals surface area contributed by atoms with Crippen molar-refractivity contribution >= 4 is 11.8 Å². The molecule has 0 saturated carbocycles. The molecule has 0 fully saturated rings. The number of fused-ring (bicyclic) bond motifs is 1. The Morgan fingerprint density at radius 1 is 1.23 bits per heavy atom. The predicted octanol–water partition coefficient (Wildman–Crippen LogP) is 2.31. The molecule has 1 aliphatic carbocycles. The summed E-state index contributed by atoms with van der Waals surface area (Å²) < 4.78 is 1.87. The maximum atomic E-state index is 12.7. The molecular weight excluding hydrogens is 328 g/mol. The van der Waals surface area contributed by atoms with E-state index in [0.717, 1.165) is 42.6 Å². The van der Waals surface area contributed by atoms with Crippen LogP contribution in [-0.4, -0.2) is 34.2 Å². The molecule has 1 aliphatic rings. The van der Waals surface area contributed by atoms with Crippen molar-refractivity contribution in [3.63, 3.8) is 0 Å². The van der Waals surface area contributed by atoms with Crippen LogP contribution in [0.5, 0.6) is 0 Å². The predicted molar refractivity (Wildman–Crippen MR) is 101 cm³/mol. The summed E-state index contributed by atoms with van der Waals surface area (Å²) in [4.78, 5) is 24.7. The lowest BCUT2D eigenvalue weighted by atomic mass is 10.1. The number of carbonyl (C=O) groups is 2. The van der Waals surface area contributed by atoms with Crippen LogP contribution in [0.25, 0.3) is 5.69 Å². The second-order valence-corrected chi connectivity index (χ2v) is 6.86. The lowest BCUT2D eigenvalue weighted by molar-refractivity contribution is -0.122. The molecule has 1 aromatic carbocycles. The van der Waals surface area contributed by atoms with Crippen LogP contribution in [0.4, 0.5) is 0 Å². The molecule has 2 aromatic rings. The van der Waals surface area contributed by atoms with E-state index in [0.29, 0.717) is 12.2 Å². The van der Waals surface area contributed by atoms with Crippen molar-refractivity contribution < 1.29 is 9.59 Å². The first-order chi connectivity index (χ1) is 12.5. The van der Waals surface area contributed by atoms with Gasteiger partial charge in [0.05, 0.1) is 5.69 Å². The number of carbonyl (C=O) groups excluding carboxylic acids is 2. The van der Waals surface area contributed by atoms with Crippen molar-refractivity contribution in [1.29, 1.82) is 0 Å². The highest BCUT2D eigenvalue weighted by molar-refractivity contribution is 5.97. The molecule has 1 aromatic heterocycles. The standard InChI is InChI=1S/C20H26N4O2/c1-4-12-21-19(25)14(3)22-20(26)18-16-6-5-7-17(16)24(23-18)15-10-8-13(2)9-11-15/h8-11,14H,4-7,12H2,1-3H3,(H,21,25)(H,22,26). The summed E-state index contributed by atoms with van der Waals surface area (Å²) in [5.41, 5.74) is 4.68. The van der Waals surface area contributed by atoms with E-state index in [9.17, 15) is 9.59 Å². The molecule has 0 radical (unpaired) electrons. The molecule has 1 heterocycles. The quantitative estimate of drug-likeness (QED) is 0.836. The van der Waals surface area contributed by atoms with Gasteiger partial charge >= 0.3 is 0 Å². The molecule has 0 aliphatic heterocycles. The zero-order chi connectivity index (χ0) is 18.7. The van der Waals surface area contributed by atoms with E-state index in [-0.39, 0.29) is 11.8 Å². The topological polar surface area (TPSA) is 76.0 Å². The Balaban J connectivity index is 1.82. The first-order valence-electron chi connectivity index (χ1n) is 9.27. The van der Waals surface area contributed by atoms with Crippen molar-refractivity contribution in [2.75, 3.05) is 6.54 Å². The van der Waals surface area contributed by atoms with E-state index in [2.05, 4.69) is 15.7 Å². The number of aromatic nitrogens is 2. The summed E-state index contributed by atoms with van der Waals surface area (Å²) in [5, 5.41) is 10.2. The van der Waals surface area contributed by atoms with Crippen LogP contribution >= 0.6 is 0 Å². The average Bonchev–Trinajstić information content (AvgIpc) is 3.22. The number of aryl methyl sites for hydroxylation is 1. The largest absolute Gasteiger partial charge is 0.354 e. The highest BCUT2D eigenvalue weighted by atomic mass is 16.2. The minimum absolute atomic E-state index is 0.171. The number of hydrogen-bond acceptors (Lipinski definition) is 3. The summed E-state index contributed by atoms with van der Waals surface area (Å²) in [6.07, 6.45) is 3.64. The summed E-state index contributed by atoms with van der Waals surface area (Å²) in [6.45, 7) is 6.34. The molecule has 0 saturated heterocycles. The second kappa shape index (κ2) is 7.72. The van der Waals surface area contributed by atoms with Gasteiger partial charge in [-0.15, -0.1) is 0 Å². The molecule has 0 bridgehead atoms. The van der Waals surface area contributed by atoms with Gasteiger partial charge in [0.2, 0.25) is 5.91 Å². The average molecular weight is 354 g/mol. The van der Waals surface area contributed by atoms with E-state index in [4.69, 9.17) is 0 Å². The summed E-state index contributed by atoms with van der Waals surface area (Å²) in [5.74, 6) is -0.456. The van der Waals surface area contributed by atoms with Gasteiger partial charge in [0.25, 0.3) is 5.91 Å². The monoisotopic (exact) mass is 354 g/mol. The fourth-order valence-electron chi connectivity index (χ4n) is 3.25. The van der Waals surface area contributed by atoms with Gasteiger partial charge in [-0.25, -0.2) is 4.68 Å². The fraction of sp³-hybridized carbons (Fsp3) is 0.450. The van der Waals surface area contributed by atoms with Crippen LogP contribution in [-0.2, 0) is 17.6 Å². The smallest absolute Gasteiger partial charge is 0.272 e. The molecule has 2 amide bonds. The first kappa shape index (κ1) is 18.2. The number of nitrogens with zero attached hydrogens (tertiary/aromatic N) is 2. The third-order valence-corrected chi connectivity index (χ3v) is 4.71. The maximum absolute atomic E-state index is 12.7. The zero-order valence-electron chi connectivity index (χ0n) is 15.6. The lowest BCUT2D eigenvalue weighted by Gasteiger charge is -2.13. The maximum Gasteiger partial charge on any atom is 0.272 e. The third kappa shape index (κ3) is 3.64. The van der Waals surface area contributed by atoms with Crippen molar-refractivity contribution in [2.45, 2.75) is 52.5 Å². The number of rotatable bonds is 6. The second-order valence-electron chi connectivity index (χ2n) is 6.86. The molecule has 138 valence electrons. The minimum Gasteiger partial charge on any atom is -0.354 e. The van der Waals surface area contributed by atoms with Gasteiger partial charge in [-0.1, -0.05) is 24.6 Å². The third-order valence-electron chi connectivity index (χ3n) is 4.71. The molecule has 2 N–H and O–H groups in total. The molecule has 6 nitrogen and oxygen atoms in total. The molecule has 3 rings (SSSR count). The Kier molecular flexibility index (Phi) is 5.40. The first-order valence-corrected chi connectivity index (χ1v) is 9.27. The molecule has 0 spiro atoms. The normalized spacial score (nSPS) is 14.0. The van der Waals surface area contributed by atoms with Crippen molar-refractivity contribution in [3.05, 3.63) is 46.8 Å².